The molecule has 0 radical (unpaired) electrons. The number of hydrogen-bond donors (Lipinski definition) is 2. The molecule has 0 saturated heterocycles. The van der Waals surface area contributed by atoms with E-state index in [1.807, 2.05) is 6.92 Å². The first-order valence-electron chi connectivity index (χ1n) is 8.67. The van der Waals surface area contributed by atoms with Crippen molar-refractivity contribution in [2.75, 3.05) is 26.2 Å². The second-order valence-electron chi connectivity index (χ2n) is 5.96. The topological polar surface area (TPSA) is 63.5 Å². The molecule has 0 unspecified atom stereocenters. The predicted molar refractivity (Wildman–Crippen MR) is 111 cm³/mol. The van der Waals surface area contributed by atoms with Crippen LogP contribution in [0, 0.1) is 13.8 Å². The first-order chi connectivity index (χ1) is 11.0. The van der Waals surface area contributed by atoms with Crippen molar-refractivity contribution in [2.45, 2.75) is 60.1 Å². The van der Waals surface area contributed by atoms with Gasteiger partial charge in [0.15, 0.2) is 5.96 Å². The van der Waals surface area contributed by atoms with E-state index in [0.717, 1.165) is 57.3 Å². The van der Waals surface area contributed by atoms with Gasteiger partial charge in [0, 0.05) is 38.5 Å². The van der Waals surface area contributed by atoms with Gasteiger partial charge in [0.25, 0.3) is 0 Å². The van der Waals surface area contributed by atoms with E-state index in [1.54, 1.807) is 0 Å². The highest BCUT2D eigenvalue weighted by Gasteiger charge is 2.01. The van der Waals surface area contributed by atoms with Gasteiger partial charge in [-0.25, -0.2) is 0 Å². The Labute approximate surface area is 163 Å². The zero-order valence-corrected chi connectivity index (χ0v) is 18.1. The minimum Gasteiger partial charge on any atom is -0.379 e. The Balaban J connectivity index is 0.00000529. The van der Waals surface area contributed by atoms with Gasteiger partial charge in [-0.1, -0.05) is 0 Å². The van der Waals surface area contributed by atoms with E-state index in [2.05, 4.69) is 59.2 Å². The fraction of sp³-hybridized carbons (Fsp3) is 0.765. The molecule has 1 heterocycles. The van der Waals surface area contributed by atoms with Gasteiger partial charge in [-0.15, -0.1) is 24.0 Å². The van der Waals surface area contributed by atoms with Gasteiger partial charge in [-0.3, -0.25) is 9.67 Å². The normalized spacial score (nSPS) is 11.5. The number of rotatable bonds is 10. The van der Waals surface area contributed by atoms with E-state index < -0.39 is 0 Å². The average Bonchev–Trinajstić information content (AvgIpc) is 2.80. The lowest BCUT2D eigenvalue weighted by Crippen LogP contribution is -2.38. The number of aryl methyl sites for hydroxylation is 3. The zero-order valence-electron chi connectivity index (χ0n) is 15.8. The molecule has 0 saturated carbocycles. The van der Waals surface area contributed by atoms with Crippen molar-refractivity contribution in [3.05, 3.63) is 17.5 Å². The highest BCUT2D eigenvalue weighted by molar-refractivity contribution is 14.0. The summed E-state index contributed by atoms with van der Waals surface area (Å²) in [5, 5.41) is 11.1. The maximum atomic E-state index is 5.53. The van der Waals surface area contributed by atoms with Crippen LogP contribution < -0.4 is 10.6 Å². The third kappa shape index (κ3) is 10.1. The van der Waals surface area contributed by atoms with E-state index in [1.165, 1.54) is 5.69 Å². The van der Waals surface area contributed by atoms with Crippen molar-refractivity contribution in [3.8, 4) is 0 Å². The maximum absolute atomic E-state index is 5.53. The zero-order chi connectivity index (χ0) is 17.1. The van der Waals surface area contributed by atoms with E-state index in [9.17, 15) is 0 Å². The molecule has 0 bridgehead atoms. The van der Waals surface area contributed by atoms with Crippen molar-refractivity contribution >= 4 is 29.9 Å². The Morgan fingerprint density at radius 2 is 2.04 bits per heavy atom. The van der Waals surface area contributed by atoms with E-state index in [4.69, 9.17) is 4.74 Å². The second kappa shape index (κ2) is 13.5. The monoisotopic (exact) mass is 451 g/mol. The Hall–Kier alpha value is -0.830. The van der Waals surface area contributed by atoms with Crippen LogP contribution in [-0.4, -0.2) is 48.1 Å². The molecular formula is C17H34IN5O. The van der Waals surface area contributed by atoms with Crippen LogP contribution in [0.15, 0.2) is 11.1 Å². The van der Waals surface area contributed by atoms with Gasteiger partial charge in [-0.05, 0) is 53.5 Å². The van der Waals surface area contributed by atoms with Crippen molar-refractivity contribution < 1.29 is 4.74 Å². The molecule has 0 aliphatic rings. The molecule has 0 aliphatic heterocycles. The lowest BCUT2D eigenvalue weighted by Gasteiger charge is -2.12. The molecule has 0 atom stereocenters. The second-order valence-corrected chi connectivity index (χ2v) is 5.96. The first kappa shape index (κ1) is 23.2. The summed E-state index contributed by atoms with van der Waals surface area (Å²) < 4.78 is 7.58. The number of halogens is 1. The van der Waals surface area contributed by atoms with E-state index >= 15 is 0 Å². The van der Waals surface area contributed by atoms with Crippen molar-refractivity contribution in [2.24, 2.45) is 4.99 Å². The molecule has 6 nitrogen and oxygen atoms in total. The van der Waals surface area contributed by atoms with Crippen LogP contribution in [0.2, 0.25) is 0 Å². The molecule has 1 rings (SSSR count). The fourth-order valence-corrected chi connectivity index (χ4v) is 2.25. The first-order valence-corrected chi connectivity index (χ1v) is 8.67. The summed E-state index contributed by atoms with van der Waals surface area (Å²) >= 11 is 0. The molecule has 0 aromatic carbocycles. The lowest BCUT2D eigenvalue weighted by molar-refractivity contribution is 0.0776. The fourth-order valence-electron chi connectivity index (χ4n) is 2.25. The van der Waals surface area contributed by atoms with Gasteiger partial charge in [-0.2, -0.15) is 5.10 Å². The Morgan fingerprint density at radius 3 is 2.62 bits per heavy atom. The van der Waals surface area contributed by atoms with Crippen LogP contribution in [-0.2, 0) is 11.3 Å². The highest BCUT2D eigenvalue weighted by Crippen LogP contribution is 2.02. The molecule has 7 heteroatoms. The van der Waals surface area contributed by atoms with Crippen LogP contribution in [0.25, 0.3) is 0 Å². The Bertz CT molecular complexity index is 474. The summed E-state index contributed by atoms with van der Waals surface area (Å²) in [5.41, 5.74) is 2.28. The van der Waals surface area contributed by atoms with Crippen LogP contribution in [0.5, 0.6) is 0 Å². The van der Waals surface area contributed by atoms with Crippen LogP contribution in [0.1, 0.15) is 45.0 Å². The molecular weight excluding hydrogens is 417 g/mol. The van der Waals surface area contributed by atoms with Gasteiger partial charge >= 0.3 is 0 Å². The van der Waals surface area contributed by atoms with E-state index in [-0.39, 0.29) is 24.0 Å². The van der Waals surface area contributed by atoms with Gasteiger partial charge in [0.2, 0.25) is 0 Å². The number of nitrogens with one attached hydrogen (secondary N) is 2. The quantitative estimate of drug-likeness (QED) is 0.249. The van der Waals surface area contributed by atoms with Gasteiger partial charge < -0.3 is 15.4 Å². The highest BCUT2D eigenvalue weighted by atomic mass is 127. The molecule has 0 amide bonds. The molecule has 24 heavy (non-hydrogen) atoms. The smallest absolute Gasteiger partial charge is 0.191 e. The number of aromatic nitrogens is 2. The Kier molecular flexibility index (Phi) is 13.0. The third-order valence-corrected chi connectivity index (χ3v) is 3.31. The molecule has 1 aromatic rings. The van der Waals surface area contributed by atoms with Crippen LogP contribution >= 0.6 is 24.0 Å². The maximum Gasteiger partial charge on any atom is 0.191 e. The number of hydrogen-bond acceptors (Lipinski definition) is 3. The van der Waals surface area contributed by atoms with Crippen LogP contribution in [0.3, 0.4) is 0 Å². The SMILES string of the molecule is CCNC(=NCCCn1nc(C)cc1C)NCCCOC(C)C.I. The molecule has 0 aliphatic carbocycles. The lowest BCUT2D eigenvalue weighted by atomic mass is 10.4. The average molecular weight is 451 g/mol. The summed E-state index contributed by atoms with van der Waals surface area (Å²) in [6.07, 6.45) is 2.26. The van der Waals surface area contributed by atoms with E-state index in [0.29, 0.717) is 6.10 Å². The summed E-state index contributed by atoms with van der Waals surface area (Å²) in [4.78, 5) is 4.61. The molecule has 140 valence electrons. The largest absolute Gasteiger partial charge is 0.379 e. The van der Waals surface area contributed by atoms with Crippen molar-refractivity contribution in [1.82, 2.24) is 20.4 Å². The van der Waals surface area contributed by atoms with Gasteiger partial charge in [0.1, 0.15) is 0 Å². The number of nitrogens with zero attached hydrogens (tertiary/aromatic N) is 3. The standard InChI is InChI=1S/C17H33N5O.HI/c1-6-18-17(20-10-8-12-23-14(2)3)19-9-7-11-22-16(5)13-15(4)21-22;/h13-14H,6-12H2,1-5H3,(H2,18,19,20);1H. The Morgan fingerprint density at radius 1 is 1.29 bits per heavy atom. The molecule has 0 spiro atoms. The molecule has 2 N–H and O–H groups in total. The number of guanidine groups is 1. The van der Waals surface area contributed by atoms with Crippen LogP contribution in [0.4, 0.5) is 0 Å². The van der Waals surface area contributed by atoms with Crippen molar-refractivity contribution in [1.29, 1.82) is 0 Å². The number of aliphatic imine (C=N–C) groups is 1. The number of ether oxygens (including phenoxy) is 1. The minimum atomic E-state index is 0. The third-order valence-electron chi connectivity index (χ3n) is 3.31. The minimum absolute atomic E-state index is 0. The molecule has 1 aromatic heterocycles. The summed E-state index contributed by atoms with van der Waals surface area (Å²) in [7, 11) is 0. The van der Waals surface area contributed by atoms with Crippen molar-refractivity contribution in [3.63, 3.8) is 0 Å². The molecule has 0 fully saturated rings. The predicted octanol–water partition coefficient (Wildman–Crippen LogP) is 2.88. The summed E-state index contributed by atoms with van der Waals surface area (Å²) in [5.74, 6) is 0.880. The van der Waals surface area contributed by atoms with Gasteiger partial charge in [0.05, 0.1) is 11.8 Å². The summed E-state index contributed by atoms with van der Waals surface area (Å²) in [6.45, 7) is 14.5. The summed E-state index contributed by atoms with van der Waals surface area (Å²) in [6, 6.07) is 2.11.